The second kappa shape index (κ2) is 2.80. The van der Waals surface area contributed by atoms with Crippen molar-refractivity contribution in [3.63, 3.8) is 0 Å². The van der Waals surface area contributed by atoms with Gasteiger partial charge in [-0.3, -0.25) is 0 Å². The van der Waals surface area contributed by atoms with Crippen LogP contribution in [0.2, 0.25) is 0 Å². The minimum Gasteiger partial charge on any atom is -0.327 e. The van der Waals surface area contributed by atoms with Crippen LogP contribution in [0.3, 0.4) is 0 Å². The molecule has 0 amide bonds. The third-order valence-corrected chi connectivity index (χ3v) is 1.53. The zero-order chi connectivity index (χ0) is 6.69. The Morgan fingerprint density at radius 3 is 1.78 bits per heavy atom. The molecule has 0 radical (unpaired) electrons. The molecule has 2 heteroatoms. The molecule has 0 fully saturated rings. The van der Waals surface area contributed by atoms with Gasteiger partial charge in [0.25, 0.3) is 0 Å². The quantitative estimate of drug-likeness (QED) is 0.551. The molecule has 0 unspecified atom stereocenters. The second-order valence-electron chi connectivity index (χ2n) is 2.23. The summed E-state index contributed by atoms with van der Waals surface area (Å²) in [5, 5.41) is 0. The minimum atomic E-state index is 0.667. The summed E-state index contributed by atoms with van der Waals surface area (Å²) in [6.07, 6.45) is 5.11. The van der Waals surface area contributed by atoms with Gasteiger partial charge in [0.1, 0.15) is 0 Å². The average molecular weight is 124 g/mol. The van der Waals surface area contributed by atoms with E-state index >= 15 is 0 Å². The maximum Gasteiger partial charge on any atom is 0.0143 e. The lowest BCUT2D eigenvalue weighted by atomic mass is 10.1. The largest absolute Gasteiger partial charge is 0.327 e. The predicted octanol–water partition coefficient (Wildman–Crippen LogP) is 0.160. The third-order valence-electron chi connectivity index (χ3n) is 1.53. The summed E-state index contributed by atoms with van der Waals surface area (Å²) in [4.78, 5) is 0. The van der Waals surface area contributed by atoms with Crippen LogP contribution in [0.5, 0.6) is 0 Å². The molecule has 0 atom stereocenters. The molecule has 0 aliphatic heterocycles. The van der Waals surface area contributed by atoms with Crippen molar-refractivity contribution >= 4 is 0 Å². The molecule has 2 nitrogen and oxygen atoms in total. The maximum absolute atomic E-state index is 5.41. The minimum absolute atomic E-state index is 0.667. The standard InChI is InChI=1S/C7H12N2/c8-4-6-1-2-7(3-6)5-9/h1-2H,3-5,8-9H2. The molecule has 1 aliphatic rings. The van der Waals surface area contributed by atoms with Gasteiger partial charge in [-0.25, -0.2) is 0 Å². The van der Waals surface area contributed by atoms with Gasteiger partial charge in [-0.05, 0) is 6.42 Å². The van der Waals surface area contributed by atoms with Crippen molar-refractivity contribution in [2.45, 2.75) is 6.42 Å². The summed E-state index contributed by atoms with van der Waals surface area (Å²) >= 11 is 0. The first-order chi connectivity index (χ1) is 4.36. The smallest absolute Gasteiger partial charge is 0.0143 e. The molecule has 0 saturated carbocycles. The zero-order valence-electron chi connectivity index (χ0n) is 5.43. The molecular weight excluding hydrogens is 112 g/mol. The summed E-state index contributed by atoms with van der Waals surface area (Å²) in [6.45, 7) is 1.33. The molecule has 0 spiro atoms. The van der Waals surface area contributed by atoms with Crippen LogP contribution in [-0.4, -0.2) is 13.1 Å². The van der Waals surface area contributed by atoms with Crippen molar-refractivity contribution < 1.29 is 0 Å². The molecule has 4 N–H and O–H groups in total. The van der Waals surface area contributed by atoms with E-state index in [0.717, 1.165) is 6.42 Å². The Labute approximate surface area is 55.2 Å². The van der Waals surface area contributed by atoms with Gasteiger partial charge in [0.2, 0.25) is 0 Å². The molecule has 0 saturated heterocycles. The SMILES string of the molecule is NCC1=CC=C(CN)C1. The summed E-state index contributed by atoms with van der Waals surface area (Å²) in [5.41, 5.74) is 13.4. The number of nitrogens with two attached hydrogens (primary N) is 2. The summed E-state index contributed by atoms with van der Waals surface area (Å²) in [7, 11) is 0. The molecule has 9 heavy (non-hydrogen) atoms. The first kappa shape index (κ1) is 6.52. The number of hydrogen-bond donors (Lipinski definition) is 2. The van der Waals surface area contributed by atoms with Gasteiger partial charge in [-0.2, -0.15) is 0 Å². The van der Waals surface area contributed by atoms with E-state index in [2.05, 4.69) is 12.2 Å². The Morgan fingerprint density at radius 1 is 1.11 bits per heavy atom. The lowest BCUT2D eigenvalue weighted by Crippen LogP contribution is -2.05. The molecule has 1 rings (SSSR count). The molecule has 1 aliphatic carbocycles. The van der Waals surface area contributed by atoms with Gasteiger partial charge < -0.3 is 11.5 Å². The Morgan fingerprint density at radius 2 is 1.56 bits per heavy atom. The molecule has 0 aromatic carbocycles. The highest BCUT2D eigenvalue weighted by Gasteiger charge is 2.03. The fourth-order valence-corrected chi connectivity index (χ4v) is 0.926. The Balaban J connectivity index is 2.43. The molecule has 0 aromatic heterocycles. The lowest BCUT2D eigenvalue weighted by molar-refractivity contribution is 1.00. The van der Waals surface area contributed by atoms with E-state index in [1.54, 1.807) is 0 Å². The molecular formula is C7H12N2. The van der Waals surface area contributed by atoms with Gasteiger partial charge in [-0.1, -0.05) is 23.3 Å². The van der Waals surface area contributed by atoms with Crippen molar-refractivity contribution in [3.05, 3.63) is 23.3 Å². The highest BCUT2D eigenvalue weighted by molar-refractivity contribution is 5.31. The van der Waals surface area contributed by atoms with E-state index < -0.39 is 0 Å². The third kappa shape index (κ3) is 1.40. The van der Waals surface area contributed by atoms with Crippen molar-refractivity contribution in [3.8, 4) is 0 Å². The van der Waals surface area contributed by atoms with Crippen molar-refractivity contribution in [2.75, 3.05) is 13.1 Å². The van der Waals surface area contributed by atoms with Crippen LogP contribution < -0.4 is 11.5 Å². The van der Waals surface area contributed by atoms with Gasteiger partial charge in [0.05, 0.1) is 0 Å². The van der Waals surface area contributed by atoms with Crippen molar-refractivity contribution in [1.82, 2.24) is 0 Å². The van der Waals surface area contributed by atoms with E-state index in [1.165, 1.54) is 11.1 Å². The fourth-order valence-electron chi connectivity index (χ4n) is 0.926. The number of allylic oxidation sites excluding steroid dienone is 2. The van der Waals surface area contributed by atoms with Gasteiger partial charge in [0, 0.05) is 13.1 Å². The second-order valence-corrected chi connectivity index (χ2v) is 2.23. The predicted molar refractivity (Wildman–Crippen MR) is 38.9 cm³/mol. The van der Waals surface area contributed by atoms with E-state index in [9.17, 15) is 0 Å². The monoisotopic (exact) mass is 124 g/mol. The number of rotatable bonds is 2. The van der Waals surface area contributed by atoms with Crippen LogP contribution in [0.25, 0.3) is 0 Å². The number of hydrogen-bond acceptors (Lipinski definition) is 2. The van der Waals surface area contributed by atoms with Gasteiger partial charge >= 0.3 is 0 Å². The van der Waals surface area contributed by atoms with E-state index in [1.807, 2.05) is 0 Å². The van der Waals surface area contributed by atoms with Gasteiger partial charge in [0.15, 0.2) is 0 Å². The first-order valence-corrected chi connectivity index (χ1v) is 3.14. The summed E-state index contributed by atoms with van der Waals surface area (Å²) in [6, 6.07) is 0. The Bertz CT molecular complexity index is 138. The first-order valence-electron chi connectivity index (χ1n) is 3.14. The van der Waals surface area contributed by atoms with Crippen LogP contribution in [0, 0.1) is 0 Å². The Kier molecular flexibility index (Phi) is 2.03. The highest BCUT2D eigenvalue weighted by atomic mass is 14.6. The van der Waals surface area contributed by atoms with Crippen LogP contribution in [0.4, 0.5) is 0 Å². The van der Waals surface area contributed by atoms with E-state index in [4.69, 9.17) is 11.5 Å². The zero-order valence-corrected chi connectivity index (χ0v) is 5.43. The summed E-state index contributed by atoms with van der Waals surface area (Å²) in [5.74, 6) is 0. The summed E-state index contributed by atoms with van der Waals surface area (Å²) < 4.78 is 0. The van der Waals surface area contributed by atoms with E-state index in [0.29, 0.717) is 13.1 Å². The molecule has 0 heterocycles. The average Bonchev–Trinajstić information content (AvgIpc) is 2.34. The fraction of sp³-hybridized carbons (Fsp3) is 0.429. The maximum atomic E-state index is 5.41. The van der Waals surface area contributed by atoms with Crippen LogP contribution >= 0.6 is 0 Å². The van der Waals surface area contributed by atoms with Crippen LogP contribution in [0.1, 0.15) is 6.42 Å². The van der Waals surface area contributed by atoms with Crippen LogP contribution in [0.15, 0.2) is 23.3 Å². The molecule has 50 valence electrons. The van der Waals surface area contributed by atoms with E-state index in [-0.39, 0.29) is 0 Å². The highest BCUT2D eigenvalue weighted by Crippen LogP contribution is 2.15. The van der Waals surface area contributed by atoms with Gasteiger partial charge in [-0.15, -0.1) is 0 Å². The van der Waals surface area contributed by atoms with Crippen molar-refractivity contribution in [1.29, 1.82) is 0 Å². The van der Waals surface area contributed by atoms with Crippen LogP contribution in [-0.2, 0) is 0 Å². The lowest BCUT2D eigenvalue weighted by Gasteiger charge is -1.97. The molecule has 0 bridgehead atoms. The Hall–Kier alpha value is -0.600. The molecule has 0 aromatic rings. The topological polar surface area (TPSA) is 52.0 Å². The van der Waals surface area contributed by atoms with Crippen molar-refractivity contribution in [2.24, 2.45) is 11.5 Å². The normalized spacial score (nSPS) is 17.6.